The number of aliphatic hydroxyl groups excluding tert-OH is 1. The highest BCUT2D eigenvalue weighted by atomic mass is 32.1. The largest absolute Gasteiger partial charge is 0.507 e. The molecular weight excluding hydrogens is 1040 g/mol. The number of aromatic nitrogens is 5. The van der Waals surface area contributed by atoms with Crippen LogP contribution in [0.1, 0.15) is 108 Å². The van der Waals surface area contributed by atoms with Crippen molar-refractivity contribution in [3.05, 3.63) is 102 Å². The van der Waals surface area contributed by atoms with Crippen molar-refractivity contribution in [3.8, 4) is 33.3 Å². The molecule has 2 aromatic carbocycles. The molecule has 2 bridgehead atoms. The molecule has 1 aliphatic carbocycles. The summed E-state index contributed by atoms with van der Waals surface area (Å²) in [6, 6.07) is 22.8. The van der Waals surface area contributed by atoms with Crippen LogP contribution in [-0.4, -0.2) is 152 Å². The number of hydrogen-bond donors (Lipinski definition) is 4. The number of aryl methyl sites for hydroxylation is 1. The molecule has 81 heavy (non-hydrogen) atoms. The summed E-state index contributed by atoms with van der Waals surface area (Å²) in [6.45, 7) is 14.3. The molecule has 6 fully saturated rings. The lowest BCUT2D eigenvalue weighted by Crippen LogP contribution is -2.54. The molecule has 6 aliphatic rings. The van der Waals surface area contributed by atoms with Crippen LogP contribution in [0.15, 0.2) is 89.0 Å². The highest BCUT2D eigenvalue weighted by Gasteiger charge is 2.45. The second-order valence-electron chi connectivity index (χ2n) is 23.8. The number of aliphatic hydroxyl groups is 1. The zero-order valence-electron chi connectivity index (χ0n) is 46.8. The van der Waals surface area contributed by atoms with Gasteiger partial charge in [-0.25, -0.2) is 9.97 Å². The van der Waals surface area contributed by atoms with Crippen molar-refractivity contribution in [1.29, 1.82) is 0 Å². The Hall–Kier alpha value is -6.87. The van der Waals surface area contributed by atoms with Gasteiger partial charge in [-0.15, -0.1) is 21.5 Å². The second kappa shape index (κ2) is 23.5. The molecule has 20 heteroatoms. The fraction of sp³-hybridized carbons (Fsp3) is 0.525. The predicted octanol–water partition coefficient (Wildman–Crippen LogP) is 7.99. The maximum Gasteiger partial charge on any atom is 0.243 e. The van der Waals surface area contributed by atoms with E-state index in [-0.39, 0.29) is 60.8 Å². The Kier molecular flexibility index (Phi) is 15.9. The number of aromatic hydroxyl groups is 1. The molecular formula is C61H76N12O7S. The van der Waals surface area contributed by atoms with Gasteiger partial charge in [-0.1, -0.05) is 55.4 Å². The van der Waals surface area contributed by atoms with Crippen molar-refractivity contribution < 1.29 is 33.8 Å². The Morgan fingerprint density at radius 1 is 0.840 bits per heavy atom. The number of nitrogens with zero attached hydrogens (tertiary/aromatic N) is 10. The monoisotopic (exact) mass is 1120 g/mol. The number of piperazine rings is 1. The van der Waals surface area contributed by atoms with Crippen LogP contribution >= 0.6 is 11.3 Å². The summed E-state index contributed by atoms with van der Waals surface area (Å²) in [5, 5.41) is 37.4. The molecule has 6 aromatic rings. The number of ether oxygens (including phenoxy) is 2. The van der Waals surface area contributed by atoms with Crippen LogP contribution in [0.25, 0.3) is 21.7 Å². The maximum absolute atomic E-state index is 14.4. The number of para-hydroxylation sites is 1. The first-order valence-electron chi connectivity index (χ1n) is 29.2. The van der Waals surface area contributed by atoms with E-state index in [9.17, 15) is 19.8 Å². The van der Waals surface area contributed by atoms with E-state index in [1.165, 1.54) is 4.90 Å². The number of thiazole rings is 1. The van der Waals surface area contributed by atoms with Gasteiger partial charge in [-0.2, -0.15) is 0 Å². The molecule has 9 heterocycles. The standard InChI is InChI=1S/C61H76N12O7S/c1-36(2)57(61(77)72-34-45(74)28-52(72)60(76)65-37(3)40-9-11-41(12-10-40)58-38(4)64-35-81-58)54-30-55(68-80-54)70-23-18-47(19-24-70)78-46-16-21-69(22-17-46)31-39-25-48(26-39)79-56-27-42(15-20-63-56)73-43-13-14-44(73)33-71(32-43)51-29-50(66-67-59(51)62)49-7-5-6-8-53(49)75/h5-12,15,20,27,29-30,35-37,39,43-48,52,57,74-75H,13-14,16-19,21-26,28,31-34H2,1-4H3,(H2,62,67)(H,65,76)/t37-,39?,43+,44?,45+,48?,52-,57-/m0/s1. The molecule has 5 aliphatic heterocycles. The van der Waals surface area contributed by atoms with E-state index in [0.717, 1.165) is 130 Å². The number of hydrogen-bond acceptors (Lipinski definition) is 18. The maximum atomic E-state index is 14.4. The number of pyridine rings is 1. The zero-order chi connectivity index (χ0) is 55.9. The minimum absolute atomic E-state index is 0.0788. The van der Waals surface area contributed by atoms with E-state index in [2.05, 4.69) is 62.4 Å². The highest BCUT2D eigenvalue weighted by molar-refractivity contribution is 7.13. The molecule has 12 rings (SSSR count). The summed E-state index contributed by atoms with van der Waals surface area (Å²) in [6.07, 6.45) is 9.90. The van der Waals surface area contributed by atoms with Crippen molar-refractivity contribution in [2.75, 3.05) is 72.8 Å². The van der Waals surface area contributed by atoms with E-state index < -0.39 is 18.1 Å². The van der Waals surface area contributed by atoms with Gasteiger partial charge in [0.1, 0.15) is 23.8 Å². The zero-order valence-corrected chi connectivity index (χ0v) is 47.7. The van der Waals surface area contributed by atoms with Crippen LogP contribution in [0.5, 0.6) is 11.6 Å². The minimum atomic E-state index is -0.807. The third-order valence-electron chi connectivity index (χ3n) is 17.9. The third-order valence-corrected chi connectivity index (χ3v) is 18.9. The number of phenolic OH excluding ortho intramolecular Hbond substituents is 1. The van der Waals surface area contributed by atoms with Crippen molar-refractivity contribution >= 4 is 46.2 Å². The van der Waals surface area contributed by atoms with Crippen LogP contribution < -0.4 is 30.5 Å². The number of nitrogen functional groups attached to an aromatic ring is 1. The summed E-state index contributed by atoms with van der Waals surface area (Å²) >= 11 is 1.60. The van der Waals surface area contributed by atoms with Gasteiger partial charge in [-0.3, -0.25) is 9.59 Å². The van der Waals surface area contributed by atoms with Crippen LogP contribution in [0, 0.1) is 18.8 Å². The Bertz CT molecular complexity index is 3140. The molecule has 4 aromatic heterocycles. The molecule has 19 nitrogen and oxygen atoms in total. The van der Waals surface area contributed by atoms with Crippen LogP contribution in [0.2, 0.25) is 0 Å². The topological polar surface area (TPSA) is 225 Å². The van der Waals surface area contributed by atoms with Gasteiger partial charge in [0.15, 0.2) is 17.4 Å². The number of amides is 2. The minimum Gasteiger partial charge on any atom is -0.507 e. The number of anilines is 4. The van der Waals surface area contributed by atoms with Gasteiger partial charge < -0.3 is 59.8 Å². The lowest BCUT2D eigenvalue weighted by molar-refractivity contribution is -0.141. The van der Waals surface area contributed by atoms with E-state index in [4.69, 9.17) is 19.7 Å². The van der Waals surface area contributed by atoms with E-state index >= 15 is 0 Å². The first kappa shape index (κ1) is 54.7. The molecule has 6 atom stereocenters. The number of β-amino-alcohol motifs (C(OH)–C–C–N with tert-alkyl or cyclic N) is 1. The first-order valence-corrected chi connectivity index (χ1v) is 30.1. The van der Waals surface area contributed by atoms with Crippen molar-refractivity contribution in [1.82, 2.24) is 40.4 Å². The lowest BCUT2D eigenvalue weighted by Gasteiger charge is -2.43. The smallest absolute Gasteiger partial charge is 0.243 e. The van der Waals surface area contributed by atoms with Crippen LogP contribution in [0.4, 0.5) is 23.0 Å². The van der Waals surface area contributed by atoms with Crippen LogP contribution in [0.3, 0.4) is 0 Å². The predicted molar refractivity (Wildman–Crippen MR) is 311 cm³/mol. The average Bonchev–Trinajstić information content (AvgIpc) is 4.28. The number of phenols is 1. The summed E-state index contributed by atoms with van der Waals surface area (Å²) in [5.41, 5.74) is 14.5. The number of carbonyl (C=O) groups is 2. The fourth-order valence-electron chi connectivity index (χ4n) is 13.5. The van der Waals surface area contributed by atoms with E-state index in [1.807, 2.05) is 87.9 Å². The van der Waals surface area contributed by atoms with Gasteiger partial charge >= 0.3 is 0 Å². The summed E-state index contributed by atoms with van der Waals surface area (Å²) in [4.78, 5) is 49.6. The SMILES string of the molecule is Cc1ncsc1-c1ccc([C@H](C)NC(=O)[C@@H]2C[C@@H](O)CN2C(=O)[C@H](c2cc(N3CCC(OC4CCN(CC5CC(Oc6cc(N7C8CC[C@@H]7CN(c7cc(-c9ccccc9O)nnc7N)C8)ccn6)C5)CC4)CC3)no2)C(C)C)cc1. The normalized spacial score (nSPS) is 24.4. The Balaban J connectivity index is 0.564. The molecule has 1 saturated carbocycles. The van der Waals surface area contributed by atoms with Crippen LogP contribution in [-0.2, 0) is 14.3 Å². The number of fused-ring (bicyclic) bond motifs is 2. The fourth-order valence-corrected chi connectivity index (χ4v) is 14.3. The highest BCUT2D eigenvalue weighted by Crippen LogP contribution is 2.41. The molecule has 0 spiro atoms. The molecule has 0 radical (unpaired) electrons. The third kappa shape index (κ3) is 11.8. The molecule has 1 unspecified atom stereocenters. The Labute approximate surface area is 477 Å². The van der Waals surface area contributed by atoms with Gasteiger partial charge in [-0.05, 0) is 112 Å². The molecule has 428 valence electrons. The molecule has 5 N–H and O–H groups in total. The summed E-state index contributed by atoms with van der Waals surface area (Å²) < 4.78 is 19.2. The van der Waals surface area contributed by atoms with Crippen molar-refractivity contribution in [3.63, 3.8) is 0 Å². The van der Waals surface area contributed by atoms with Crippen molar-refractivity contribution in [2.45, 2.75) is 140 Å². The number of likely N-dealkylation sites (tertiary alicyclic amines) is 2. The number of carbonyl (C=O) groups excluding carboxylic acids is 2. The lowest BCUT2D eigenvalue weighted by atomic mass is 9.81. The van der Waals surface area contributed by atoms with E-state index in [1.54, 1.807) is 23.5 Å². The summed E-state index contributed by atoms with van der Waals surface area (Å²) in [7, 11) is 0. The average molecular weight is 1120 g/mol. The second-order valence-corrected chi connectivity index (χ2v) is 24.6. The van der Waals surface area contributed by atoms with Crippen molar-refractivity contribution in [2.24, 2.45) is 11.8 Å². The van der Waals surface area contributed by atoms with Gasteiger partial charge in [0.25, 0.3) is 0 Å². The van der Waals surface area contributed by atoms with E-state index in [0.29, 0.717) is 52.5 Å². The quantitative estimate of drug-likeness (QED) is 0.0679. The van der Waals surface area contributed by atoms with Gasteiger partial charge in [0.2, 0.25) is 17.7 Å². The van der Waals surface area contributed by atoms with Gasteiger partial charge in [0.05, 0.1) is 51.8 Å². The number of nitrogens with two attached hydrogens (primary N) is 1. The number of piperidine rings is 2. The number of rotatable bonds is 17. The Morgan fingerprint density at radius 3 is 2.27 bits per heavy atom. The Morgan fingerprint density at radius 2 is 1.57 bits per heavy atom. The number of nitrogens with one attached hydrogen (secondary N) is 1. The van der Waals surface area contributed by atoms with Gasteiger partial charge in [0, 0.05) is 100 Å². The number of benzene rings is 2. The summed E-state index contributed by atoms with van der Waals surface area (Å²) in [5.74, 6) is 1.70. The molecule has 2 amide bonds. The first-order chi connectivity index (χ1) is 39.3. The molecule has 5 saturated heterocycles.